The van der Waals surface area contributed by atoms with E-state index in [4.69, 9.17) is 0 Å². The van der Waals surface area contributed by atoms with Gasteiger partial charge in [0.25, 0.3) is 0 Å². The molecule has 2 nitrogen and oxygen atoms in total. The molecule has 0 aliphatic heterocycles. The van der Waals surface area contributed by atoms with Crippen LogP contribution in [0.25, 0.3) is 0 Å². The Kier molecular flexibility index (Phi) is 5.09. The van der Waals surface area contributed by atoms with Gasteiger partial charge in [-0.25, -0.2) is 0 Å². The van der Waals surface area contributed by atoms with Gasteiger partial charge in [-0.2, -0.15) is 0 Å². The lowest BCUT2D eigenvalue weighted by atomic mass is 11.3. The molecule has 8 heavy (non-hydrogen) atoms. The lowest BCUT2D eigenvalue weighted by molar-refractivity contribution is 0.683. The third-order valence-electron chi connectivity index (χ3n) is 0.497. The van der Waals surface area contributed by atoms with Crippen LogP contribution < -0.4 is 0 Å². The highest BCUT2D eigenvalue weighted by Crippen LogP contribution is 2.38. The molecule has 0 fully saturated rings. The average Bonchev–Trinajstić information content (AvgIpc) is 1.61. The van der Waals surface area contributed by atoms with Crippen LogP contribution >= 0.6 is 16.8 Å². The van der Waals surface area contributed by atoms with Crippen molar-refractivity contribution >= 4 is 16.8 Å². The summed E-state index contributed by atoms with van der Waals surface area (Å²) in [5.41, 5.74) is 0. The first kappa shape index (κ1) is 8.78. The van der Waals surface area contributed by atoms with Crippen molar-refractivity contribution in [2.45, 2.75) is 0 Å². The molecule has 0 saturated carbocycles. The van der Waals surface area contributed by atoms with Crippen molar-refractivity contribution in [2.24, 2.45) is 0 Å². The Hall–Kier alpha value is 0.780. The second-order valence-electron chi connectivity index (χ2n) is 2.01. The van der Waals surface area contributed by atoms with Crippen LogP contribution in [0.1, 0.15) is 0 Å². The zero-order valence-electron chi connectivity index (χ0n) is 5.89. The smallest absolute Gasteiger partial charge is 0.00962 e. The van der Waals surface area contributed by atoms with Gasteiger partial charge in [0.05, 0.1) is 0 Å². The Morgan fingerprint density at radius 1 is 0.750 bits per heavy atom. The Morgan fingerprint density at radius 2 is 1.00 bits per heavy atom. The molecule has 4 heteroatoms. The van der Waals surface area contributed by atoms with Crippen molar-refractivity contribution < 1.29 is 0 Å². The Bertz CT molecular complexity index is 48.0. The maximum absolute atomic E-state index is 2.22. The zero-order chi connectivity index (χ0) is 6.57. The normalized spacial score (nSPS) is 14.2. The summed E-state index contributed by atoms with van der Waals surface area (Å²) in [4.78, 5) is 0. The molecule has 0 saturated heterocycles. The van der Waals surface area contributed by atoms with Gasteiger partial charge in [-0.1, -0.05) is 0 Å². The maximum Gasteiger partial charge on any atom is -0.00962 e. The predicted molar refractivity (Wildman–Crippen MR) is 44.0 cm³/mol. The molecule has 0 aliphatic carbocycles. The van der Waals surface area contributed by atoms with Gasteiger partial charge >= 0.3 is 0 Å². The van der Waals surface area contributed by atoms with Crippen LogP contribution in [0.2, 0.25) is 0 Å². The van der Waals surface area contributed by atoms with Crippen LogP contribution in [0.3, 0.4) is 0 Å². The number of hydrogen-bond acceptors (Lipinski definition) is 2. The average molecular weight is 152 g/mol. The first-order valence-electron chi connectivity index (χ1n) is 2.49. The van der Waals surface area contributed by atoms with E-state index in [0.717, 1.165) is 16.8 Å². The molecule has 0 aromatic carbocycles. The third-order valence-corrected chi connectivity index (χ3v) is 4.47. The first-order valence-corrected chi connectivity index (χ1v) is 5.38. The summed E-state index contributed by atoms with van der Waals surface area (Å²) in [6.07, 6.45) is 0. The maximum atomic E-state index is 2.22. The van der Waals surface area contributed by atoms with Crippen molar-refractivity contribution in [3.63, 3.8) is 0 Å². The molecule has 50 valence electrons. The second-order valence-corrected chi connectivity index (χ2v) is 5.59. The van der Waals surface area contributed by atoms with E-state index < -0.39 is 0 Å². The molecule has 0 N–H and O–H groups in total. The molecular weight excluding hydrogens is 138 g/mol. The Balaban J connectivity index is 2.93. The van der Waals surface area contributed by atoms with Crippen LogP contribution in [0.5, 0.6) is 0 Å². The minimum Gasteiger partial charge on any atom is -0.286 e. The zero-order valence-corrected chi connectivity index (χ0v) is 7.89. The van der Waals surface area contributed by atoms with Crippen LogP contribution in [0.4, 0.5) is 0 Å². The summed E-state index contributed by atoms with van der Waals surface area (Å²) in [7, 11) is 10.3. The second kappa shape index (κ2) is 4.64. The summed E-state index contributed by atoms with van der Waals surface area (Å²) < 4.78 is 4.44. The number of rotatable bonds is 3. The van der Waals surface area contributed by atoms with Gasteiger partial charge in [0.1, 0.15) is 0 Å². The molecule has 2 atom stereocenters. The topological polar surface area (TPSA) is 6.48 Å². The van der Waals surface area contributed by atoms with E-state index in [0.29, 0.717) is 0 Å². The fraction of sp³-hybridized carbons (Fsp3) is 1.00. The lowest BCUT2D eigenvalue weighted by Crippen LogP contribution is -1.98. The van der Waals surface area contributed by atoms with Crippen molar-refractivity contribution in [1.82, 2.24) is 9.34 Å². The molecule has 0 amide bonds. The highest BCUT2D eigenvalue weighted by atomic mass is 32.0. The molecule has 0 aliphatic rings. The fourth-order valence-corrected chi connectivity index (χ4v) is 1.80. The van der Waals surface area contributed by atoms with E-state index in [1.165, 1.54) is 0 Å². The first-order chi connectivity index (χ1) is 3.63. The summed E-state index contributed by atoms with van der Waals surface area (Å²) in [6.45, 7) is 0. The van der Waals surface area contributed by atoms with Crippen LogP contribution in [0, 0.1) is 0 Å². The van der Waals surface area contributed by atoms with Crippen LogP contribution in [-0.4, -0.2) is 37.5 Å². The van der Waals surface area contributed by atoms with Crippen molar-refractivity contribution in [1.29, 1.82) is 0 Å². The standard InChI is InChI=1S/C4H14N2P2/c1-5(2)7-8-6(3)4/h7-8H,1-4H3. The van der Waals surface area contributed by atoms with Gasteiger partial charge in [0, 0.05) is 0 Å². The van der Waals surface area contributed by atoms with E-state index >= 15 is 0 Å². The van der Waals surface area contributed by atoms with Crippen molar-refractivity contribution in [3.05, 3.63) is 0 Å². The molecule has 0 heterocycles. The highest BCUT2D eigenvalue weighted by Gasteiger charge is 1.89. The summed E-state index contributed by atoms with van der Waals surface area (Å²) in [5.74, 6) is 0. The SMILES string of the molecule is CN(C)PPN(C)C. The Morgan fingerprint density at radius 3 is 1.12 bits per heavy atom. The quantitative estimate of drug-likeness (QED) is 0.561. The number of nitrogens with zero attached hydrogens (tertiary/aromatic N) is 2. The molecule has 0 bridgehead atoms. The van der Waals surface area contributed by atoms with Crippen LogP contribution in [0.15, 0.2) is 0 Å². The summed E-state index contributed by atoms with van der Waals surface area (Å²) in [5, 5.41) is 0. The Labute approximate surface area is 55.2 Å². The van der Waals surface area contributed by atoms with Gasteiger partial charge < -0.3 is 0 Å². The van der Waals surface area contributed by atoms with Crippen LogP contribution in [-0.2, 0) is 0 Å². The van der Waals surface area contributed by atoms with Crippen molar-refractivity contribution in [2.75, 3.05) is 28.2 Å². The van der Waals surface area contributed by atoms with Gasteiger partial charge in [-0.15, -0.1) is 0 Å². The molecule has 0 spiro atoms. The fourth-order valence-electron chi connectivity index (χ4n) is 0.200. The van der Waals surface area contributed by atoms with E-state index in [9.17, 15) is 0 Å². The predicted octanol–water partition coefficient (Wildman–Crippen LogP) is 1.21. The van der Waals surface area contributed by atoms with E-state index in [2.05, 4.69) is 37.5 Å². The molecule has 0 rings (SSSR count). The van der Waals surface area contributed by atoms with Gasteiger partial charge in [0.15, 0.2) is 0 Å². The highest BCUT2D eigenvalue weighted by molar-refractivity contribution is 8.09. The molecule has 0 radical (unpaired) electrons. The van der Waals surface area contributed by atoms with E-state index in [-0.39, 0.29) is 0 Å². The largest absolute Gasteiger partial charge is 0.286 e. The lowest BCUT2D eigenvalue weighted by Gasteiger charge is -2.13. The molecular formula is C4H14N2P2. The van der Waals surface area contributed by atoms with Gasteiger partial charge in [0.2, 0.25) is 0 Å². The molecule has 0 aromatic rings. The molecule has 0 aromatic heterocycles. The molecule has 2 unspecified atom stereocenters. The van der Waals surface area contributed by atoms with E-state index in [1.807, 2.05) is 0 Å². The minimum atomic E-state index is 0.956. The van der Waals surface area contributed by atoms with Gasteiger partial charge in [-0.05, 0) is 45.0 Å². The van der Waals surface area contributed by atoms with Crippen molar-refractivity contribution in [3.8, 4) is 0 Å². The number of hydrogen-bond donors (Lipinski definition) is 0. The monoisotopic (exact) mass is 152 g/mol. The summed E-state index contributed by atoms with van der Waals surface area (Å²) >= 11 is 0. The minimum absolute atomic E-state index is 0.956. The van der Waals surface area contributed by atoms with E-state index in [1.54, 1.807) is 0 Å². The summed E-state index contributed by atoms with van der Waals surface area (Å²) in [6, 6.07) is 0. The van der Waals surface area contributed by atoms with Gasteiger partial charge in [-0.3, -0.25) is 9.34 Å². The third kappa shape index (κ3) is 6.78.